The van der Waals surface area contributed by atoms with E-state index in [0.29, 0.717) is 55.5 Å². The SMILES string of the molecule is C=C[C@@H]1C[C@]1(NC(=O)[C@@H]1C[C@@H]2CN1C(=O)[C@H](CCCC)NC(=O)OCCCC=Cc1ccc3nc(-c4ccccc4)cc(c3c1)O2)C(=O)NS(=O)(=O)C1CC1. The maximum atomic E-state index is 14.5. The van der Waals surface area contributed by atoms with Gasteiger partial charge in [0.15, 0.2) is 0 Å². The summed E-state index contributed by atoms with van der Waals surface area (Å²) in [4.78, 5) is 61.7. The number of allylic oxidation sites excluding steroid dienone is 1. The second kappa shape index (κ2) is 15.9. The summed E-state index contributed by atoms with van der Waals surface area (Å²) in [5.74, 6) is -1.94. The zero-order valence-corrected chi connectivity index (χ0v) is 31.7. The Balaban J connectivity index is 1.25. The summed E-state index contributed by atoms with van der Waals surface area (Å²) >= 11 is 0. The highest BCUT2D eigenvalue weighted by Crippen LogP contribution is 2.45. The third-order valence-corrected chi connectivity index (χ3v) is 12.6. The molecule has 0 unspecified atom stereocenters. The second-order valence-corrected chi connectivity index (χ2v) is 16.8. The van der Waals surface area contributed by atoms with Gasteiger partial charge < -0.3 is 25.0 Å². The molecule has 3 heterocycles. The number of hydrogen-bond acceptors (Lipinski definition) is 9. The Bertz CT molecular complexity index is 2120. The maximum Gasteiger partial charge on any atom is 0.407 e. The van der Waals surface area contributed by atoms with Crippen LogP contribution < -0.4 is 20.1 Å². The highest BCUT2D eigenvalue weighted by atomic mass is 32.2. The number of cyclic esters (lactones) is 1. The van der Waals surface area contributed by atoms with Crippen LogP contribution in [0.1, 0.15) is 70.3 Å². The number of benzene rings is 2. The number of carbonyl (C=O) groups is 4. The number of aromatic nitrogens is 1. The number of nitrogens with zero attached hydrogens (tertiary/aromatic N) is 2. The fourth-order valence-corrected chi connectivity index (χ4v) is 8.74. The van der Waals surface area contributed by atoms with Crippen LogP contribution in [0, 0.1) is 5.92 Å². The van der Waals surface area contributed by atoms with Crippen LogP contribution in [0.5, 0.6) is 5.75 Å². The minimum Gasteiger partial charge on any atom is -0.488 e. The van der Waals surface area contributed by atoms with Crippen LogP contribution in [-0.2, 0) is 29.1 Å². The number of sulfonamides is 1. The fourth-order valence-electron chi connectivity index (χ4n) is 7.38. The third-order valence-electron chi connectivity index (χ3n) is 10.8. The van der Waals surface area contributed by atoms with Crippen LogP contribution in [0.25, 0.3) is 28.2 Å². The Labute approximate surface area is 321 Å². The minimum atomic E-state index is -3.90. The van der Waals surface area contributed by atoms with E-state index in [1.807, 2.05) is 73.7 Å². The van der Waals surface area contributed by atoms with Crippen LogP contribution in [0.15, 0.2) is 73.3 Å². The lowest BCUT2D eigenvalue weighted by molar-refractivity contribution is -0.141. The normalized spacial score (nSPS) is 25.6. The Morgan fingerprint density at radius 1 is 1.13 bits per heavy atom. The first-order valence-electron chi connectivity index (χ1n) is 19.1. The Morgan fingerprint density at radius 3 is 2.65 bits per heavy atom. The summed E-state index contributed by atoms with van der Waals surface area (Å²) in [5, 5.41) is 5.68. The number of fused-ring (bicyclic) bond motifs is 3. The Hall–Kier alpha value is -5.24. The molecular formula is C41H47N5O8S. The summed E-state index contributed by atoms with van der Waals surface area (Å²) < 4.78 is 39.9. The molecule has 13 nitrogen and oxygen atoms in total. The first kappa shape index (κ1) is 38.1. The third kappa shape index (κ3) is 8.38. The van der Waals surface area contributed by atoms with Crippen molar-refractivity contribution in [3.8, 4) is 17.0 Å². The molecule has 3 fully saturated rings. The lowest BCUT2D eigenvalue weighted by Crippen LogP contribution is -2.58. The van der Waals surface area contributed by atoms with Crippen molar-refractivity contribution < 1.29 is 37.1 Å². The van der Waals surface area contributed by atoms with Crippen molar-refractivity contribution in [1.29, 1.82) is 0 Å². The molecule has 2 aromatic carbocycles. The van der Waals surface area contributed by atoms with Gasteiger partial charge >= 0.3 is 6.09 Å². The van der Waals surface area contributed by atoms with Gasteiger partial charge in [-0.15, -0.1) is 6.58 Å². The molecule has 1 aromatic heterocycles. The number of alkyl carbamates (subject to hydrolysis) is 1. The zero-order chi connectivity index (χ0) is 38.7. The van der Waals surface area contributed by atoms with Gasteiger partial charge in [-0.05, 0) is 56.2 Å². The van der Waals surface area contributed by atoms with Crippen LogP contribution in [0.4, 0.5) is 4.79 Å². The first-order chi connectivity index (χ1) is 26.5. The average molecular weight is 770 g/mol. The first-order valence-corrected chi connectivity index (χ1v) is 20.6. The highest BCUT2D eigenvalue weighted by molar-refractivity contribution is 7.91. The topological polar surface area (TPSA) is 173 Å². The molecule has 7 rings (SSSR count). The van der Waals surface area contributed by atoms with E-state index in [-0.39, 0.29) is 26.0 Å². The molecule has 14 heteroatoms. The highest BCUT2D eigenvalue weighted by Gasteiger charge is 2.62. The van der Waals surface area contributed by atoms with Gasteiger partial charge in [-0.2, -0.15) is 0 Å². The van der Waals surface area contributed by atoms with Crippen molar-refractivity contribution in [2.45, 2.75) is 93.7 Å². The number of nitrogens with one attached hydrogen (secondary N) is 3. The number of amides is 4. The Morgan fingerprint density at radius 2 is 1.93 bits per heavy atom. The van der Waals surface area contributed by atoms with Crippen molar-refractivity contribution in [2.75, 3.05) is 13.2 Å². The maximum absolute atomic E-state index is 14.5. The van der Waals surface area contributed by atoms with Gasteiger partial charge in [-0.1, -0.05) is 74.4 Å². The number of unbranched alkanes of at least 4 members (excludes halogenated alkanes) is 1. The van der Waals surface area contributed by atoms with E-state index in [1.165, 1.54) is 11.0 Å². The molecule has 55 heavy (non-hydrogen) atoms. The van der Waals surface area contributed by atoms with E-state index in [0.717, 1.165) is 22.9 Å². The van der Waals surface area contributed by atoms with Gasteiger partial charge in [0.05, 0.1) is 29.6 Å². The van der Waals surface area contributed by atoms with Gasteiger partial charge in [-0.3, -0.25) is 19.1 Å². The van der Waals surface area contributed by atoms with Gasteiger partial charge in [-0.25, -0.2) is 18.2 Å². The lowest BCUT2D eigenvalue weighted by Gasteiger charge is -2.29. The molecule has 0 spiro atoms. The fraction of sp³-hybridized carbons (Fsp3) is 0.439. The average Bonchev–Trinajstić information content (AvgIpc) is 4.11. The smallest absolute Gasteiger partial charge is 0.407 e. The molecule has 2 aliphatic carbocycles. The van der Waals surface area contributed by atoms with Gasteiger partial charge in [0.25, 0.3) is 5.91 Å². The second-order valence-electron chi connectivity index (χ2n) is 14.8. The molecule has 1 saturated heterocycles. The van der Waals surface area contributed by atoms with Crippen LogP contribution in [-0.4, -0.2) is 84.2 Å². The standard InChI is InChI=1S/C41H47N5O8S/c1-3-5-15-33-38(48)46-25-29(22-35(46)37(47)44-41(24-28(41)4-2)39(49)45-55(51,52)30-17-18-30)54-36-23-34(27-13-9-6-10-14-27)42-32-19-16-26(21-31(32)36)12-8-7-11-20-53-40(50)43-33/h4,6,8-10,12-14,16,19,21,23,28-30,33,35H,2-3,5,7,11,15,17-18,20,22,24-25H2,1H3,(H,43,50)(H,44,47)(H,45,49)/t28-,29-,33+,35+,41-/m1/s1. The summed E-state index contributed by atoms with van der Waals surface area (Å²) in [6.07, 6.45) is 8.17. The molecule has 3 N–H and O–H groups in total. The predicted molar refractivity (Wildman–Crippen MR) is 207 cm³/mol. The van der Waals surface area contributed by atoms with E-state index in [1.54, 1.807) is 0 Å². The van der Waals surface area contributed by atoms with Gasteiger partial charge in [0.1, 0.15) is 29.5 Å². The summed E-state index contributed by atoms with van der Waals surface area (Å²) in [7, 11) is -3.90. The molecule has 2 aliphatic heterocycles. The quantitative estimate of drug-likeness (QED) is 0.240. The largest absolute Gasteiger partial charge is 0.488 e. The molecule has 3 aromatic rings. The number of hydrogen-bond donors (Lipinski definition) is 3. The molecule has 4 aliphatic rings. The van der Waals surface area contributed by atoms with Crippen LogP contribution in [0.3, 0.4) is 0 Å². The molecule has 0 radical (unpaired) electrons. The number of carbonyl (C=O) groups excluding carboxylic acids is 4. The molecule has 5 atom stereocenters. The molecule has 4 bridgehead atoms. The number of pyridine rings is 1. The van der Waals surface area contributed by atoms with Crippen molar-refractivity contribution in [3.05, 3.63) is 78.9 Å². The molecule has 4 amide bonds. The lowest BCUT2D eigenvalue weighted by atomic mass is 10.1. The predicted octanol–water partition coefficient (Wildman–Crippen LogP) is 5.01. The van der Waals surface area contributed by atoms with Crippen LogP contribution >= 0.6 is 0 Å². The summed E-state index contributed by atoms with van der Waals surface area (Å²) in [6, 6.07) is 15.3. The van der Waals surface area contributed by atoms with Crippen molar-refractivity contribution in [1.82, 2.24) is 25.2 Å². The van der Waals surface area contributed by atoms with Gasteiger partial charge in [0, 0.05) is 29.4 Å². The molecule has 290 valence electrons. The summed E-state index contributed by atoms with van der Waals surface area (Å²) in [5.41, 5.74) is 1.66. The van der Waals surface area contributed by atoms with E-state index in [2.05, 4.69) is 21.9 Å². The van der Waals surface area contributed by atoms with Gasteiger partial charge in [0.2, 0.25) is 21.8 Å². The van der Waals surface area contributed by atoms with Crippen molar-refractivity contribution >= 4 is 50.8 Å². The van der Waals surface area contributed by atoms with Crippen LogP contribution in [0.2, 0.25) is 0 Å². The van der Waals surface area contributed by atoms with Crippen molar-refractivity contribution in [3.63, 3.8) is 0 Å². The zero-order valence-electron chi connectivity index (χ0n) is 30.9. The van der Waals surface area contributed by atoms with E-state index in [4.69, 9.17) is 14.5 Å². The van der Waals surface area contributed by atoms with E-state index < -0.39 is 68.7 Å². The molecular weight excluding hydrogens is 723 g/mol. The van der Waals surface area contributed by atoms with E-state index >= 15 is 0 Å². The Kier molecular flexibility index (Phi) is 11.0. The number of rotatable bonds is 10. The monoisotopic (exact) mass is 769 g/mol. The summed E-state index contributed by atoms with van der Waals surface area (Å²) in [6.45, 7) is 5.92. The molecule has 2 saturated carbocycles. The number of ether oxygens (including phenoxy) is 2. The minimum absolute atomic E-state index is 0.000491. The van der Waals surface area contributed by atoms with Crippen molar-refractivity contribution in [2.24, 2.45) is 5.92 Å². The van der Waals surface area contributed by atoms with E-state index in [9.17, 15) is 27.6 Å².